The number of benzene rings is 1. The maximum atomic E-state index is 6.34. The summed E-state index contributed by atoms with van der Waals surface area (Å²) in [6, 6.07) is 4.61. The summed E-state index contributed by atoms with van der Waals surface area (Å²) in [6.45, 7) is 8.12. The minimum Gasteiger partial charge on any atom is -0.381 e. The van der Waals surface area contributed by atoms with E-state index in [1.807, 2.05) is 0 Å². The summed E-state index contributed by atoms with van der Waals surface area (Å²) in [5.41, 5.74) is 11.6. The Kier molecular flexibility index (Phi) is 3.31. The number of aryl methyl sites for hydroxylation is 3. The van der Waals surface area contributed by atoms with Crippen LogP contribution in [0.15, 0.2) is 12.1 Å². The van der Waals surface area contributed by atoms with Crippen LogP contribution in [0.1, 0.15) is 34.7 Å². The molecule has 16 heavy (non-hydrogen) atoms. The van der Waals surface area contributed by atoms with E-state index in [1.165, 1.54) is 22.3 Å². The molecule has 2 heteroatoms. The lowest BCUT2D eigenvalue weighted by atomic mass is 9.88. The lowest BCUT2D eigenvalue weighted by Gasteiger charge is -2.21. The molecule has 2 N–H and O–H groups in total. The Morgan fingerprint density at radius 2 is 1.88 bits per heavy atom. The molecule has 0 saturated carbocycles. The molecular formula is C14H21NO. The number of hydrogen-bond acceptors (Lipinski definition) is 2. The first kappa shape index (κ1) is 11.6. The molecule has 0 radical (unpaired) electrons. The van der Waals surface area contributed by atoms with Crippen molar-refractivity contribution in [2.75, 3.05) is 13.2 Å². The van der Waals surface area contributed by atoms with Gasteiger partial charge in [-0.15, -0.1) is 0 Å². The molecule has 2 atom stereocenters. The first-order chi connectivity index (χ1) is 7.59. The van der Waals surface area contributed by atoms with Gasteiger partial charge in [-0.25, -0.2) is 0 Å². The van der Waals surface area contributed by atoms with Crippen molar-refractivity contribution in [3.63, 3.8) is 0 Å². The summed E-state index contributed by atoms with van der Waals surface area (Å²) in [7, 11) is 0. The van der Waals surface area contributed by atoms with Crippen molar-refractivity contribution in [2.24, 2.45) is 11.7 Å². The second kappa shape index (κ2) is 4.56. The van der Waals surface area contributed by atoms with Gasteiger partial charge in [0, 0.05) is 18.6 Å². The van der Waals surface area contributed by atoms with Crippen LogP contribution >= 0.6 is 0 Å². The summed E-state index contributed by atoms with van der Waals surface area (Å²) >= 11 is 0. The number of rotatable bonds is 2. The van der Waals surface area contributed by atoms with Gasteiger partial charge >= 0.3 is 0 Å². The van der Waals surface area contributed by atoms with E-state index >= 15 is 0 Å². The second-order valence-electron chi connectivity index (χ2n) is 4.94. The Morgan fingerprint density at radius 3 is 2.50 bits per heavy atom. The number of ether oxygens (including phenoxy) is 1. The van der Waals surface area contributed by atoms with Gasteiger partial charge in [0.05, 0.1) is 6.61 Å². The lowest BCUT2D eigenvalue weighted by Crippen LogP contribution is -2.22. The Morgan fingerprint density at radius 1 is 1.19 bits per heavy atom. The van der Waals surface area contributed by atoms with Gasteiger partial charge in [0.15, 0.2) is 0 Å². The van der Waals surface area contributed by atoms with E-state index in [0.717, 1.165) is 19.6 Å². The molecule has 1 aliphatic heterocycles. The van der Waals surface area contributed by atoms with Crippen LogP contribution in [-0.2, 0) is 4.74 Å². The van der Waals surface area contributed by atoms with Gasteiger partial charge in [0.2, 0.25) is 0 Å². The van der Waals surface area contributed by atoms with Crippen LogP contribution in [0.2, 0.25) is 0 Å². The maximum Gasteiger partial charge on any atom is 0.0513 e. The zero-order chi connectivity index (χ0) is 11.7. The van der Waals surface area contributed by atoms with E-state index < -0.39 is 0 Å². The molecule has 1 saturated heterocycles. The van der Waals surface area contributed by atoms with Gasteiger partial charge in [-0.2, -0.15) is 0 Å². The molecule has 0 bridgehead atoms. The van der Waals surface area contributed by atoms with E-state index in [0.29, 0.717) is 5.92 Å². The van der Waals surface area contributed by atoms with Crippen molar-refractivity contribution in [2.45, 2.75) is 33.2 Å². The highest BCUT2D eigenvalue weighted by Gasteiger charge is 2.25. The molecule has 2 nitrogen and oxygen atoms in total. The third-order valence-corrected chi connectivity index (χ3v) is 3.71. The fourth-order valence-corrected chi connectivity index (χ4v) is 2.43. The monoisotopic (exact) mass is 219 g/mol. The molecule has 0 spiro atoms. The van der Waals surface area contributed by atoms with Crippen molar-refractivity contribution in [1.29, 1.82) is 0 Å². The third kappa shape index (κ3) is 2.13. The summed E-state index contributed by atoms with van der Waals surface area (Å²) < 4.78 is 5.41. The average molecular weight is 219 g/mol. The van der Waals surface area contributed by atoms with E-state index in [1.54, 1.807) is 0 Å². The molecule has 2 rings (SSSR count). The van der Waals surface area contributed by atoms with Gasteiger partial charge in [0.25, 0.3) is 0 Å². The highest BCUT2D eigenvalue weighted by molar-refractivity contribution is 5.38. The molecule has 1 aliphatic rings. The van der Waals surface area contributed by atoms with E-state index in [9.17, 15) is 0 Å². The Balaban J connectivity index is 2.28. The number of nitrogens with two attached hydrogens (primary N) is 1. The fourth-order valence-electron chi connectivity index (χ4n) is 2.43. The largest absolute Gasteiger partial charge is 0.381 e. The Hall–Kier alpha value is -0.860. The second-order valence-corrected chi connectivity index (χ2v) is 4.94. The van der Waals surface area contributed by atoms with Crippen molar-refractivity contribution in [3.8, 4) is 0 Å². The molecule has 0 aliphatic carbocycles. The summed E-state index contributed by atoms with van der Waals surface area (Å²) in [6.07, 6.45) is 1.09. The van der Waals surface area contributed by atoms with E-state index in [4.69, 9.17) is 10.5 Å². The van der Waals surface area contributed by atoms with Crippen LogP contribution in [0.4, 0.5) is 0 Å². The van der Waals surface area contributed by atoms with Crippen LogP contribution in [-0.4, -0.2) is 13.2 Å². The lowest BCUT2D eigenvalue weighted by molar-refractivity contribution is 0.181. The Labute approximate surface area is 97.8 Å². The van der Waals surface area contributed by atoms with Crippen molar-refractivity contribution < 1.29 is 4.74 Å². The molecule has 1 heterocycles. The topological polar surface area (TPSA) is 35.2 Å². The van der Waals surface area contributed by atoms with Crippen LogP contribution in [0.5, 0.6) is 0 Å². The van der Waals surface area contributed by atoms with Crippen molar-refractivity contribution in [3.05, 3.63) is 34.4 Å². The molecule has 1 aromatic carbocycles. The Bertz CT molecular complexity index is 381. The van der Waals surface area contributed by atoms with E-state index in [2.05, 4.69) is 32.9 Å². The van der Waals surface area contributed by atoms with Crippen LogP contribution < -0.4 is 5.73 Å². The average Bonchev–Trinajstić information content (AvgIpc) is 2.75. The first-order valence-corrected chi connectivity index (χ1v) is 6.00. The van der Waals surface area contributed by atoms with Crippen molar-refractivity contribution in [1.82, 2.24) is 0 Å². The predicted octanol–water partition coefficient (Wildman–Crippen LogP) is 2.65. The molecule has 2 unspecified atom stereocenters. The highest BCUT2D eigenvalue weighted by atomic mass is 16.5. The van der Waals surface area contributed by atoms with E-state index in [-0.39, 0.29) is 6.04 Å². The standard InChI is InChI=1S/C14H21NO/c1-9-6-11(3)13(7-10(9)2)14(15)12-4-5-16-8-12/h6-7,12,14H,4-5,8,15H2,1-3H3. The zero-order valence-electron chi connectivity index (χ0n) is 10.4. The molecule has 88 valence electrons. The maximum absolute atomic E-state index is 6.34. The quantitative estimate of drug-likeness (QED) is 0.830. The minimum atomic E-state index is 0.127. The first-order valence-electron chi connectivity index (χ1n) is 6.00. The molecule has 1 fully saturated rings. The van der Waals surface area contributed by atoms with Crippen molar-refractivity contribution >= 4 is 0 Å². The zero-order valence-corrected chi connectivity index (χ0v) is 10.4. The summed E-state index contributed by atoms with van der Waals surface area (Å²) in [5, 5.41) is 0. The third-order valence-electron chi connectivity index (χ3n) is 3.71. The highest BCUT2D eigenvalue weighted by Crippen LogP contribution is 2.29. The number of hydrogen-bond donors (Lipinski definition) is 1. The van der Waals surface area contributed by atoms with Gasteiger partial charge in [-0.3, -0.25) is 0 Å². The molecule has 1 aromatic rings. The van der Waals surface area contributed by atoms with Gasteiger partial charge in [-0.1, -0.05) is 12.1 Å². The summed E-state index contributed by atoms with van der Waals surface area (Å²) in [4.78, 5) is 0. The smallest absolute Gasteiger partial charge is 0.0513 e. The van der Waals surface area contributed by atoms with Gasteiger partial charge < -0.3 is 10.5 Å². The fraction of sp³-hybridized carbons (Fsp3) is 0.571. The summed E-state index contributed by atoms with van der Waals surface area (Å²) in [5.74, 6) is 0.487. The predicted molar refractivity (Wildman–Crippen MR) is 66.5 cm³/mol. The normalized spacial score (nSPS) is 22.4. The minimum absolute atomic E-state index is 0.127. The van der Waals surface area contributed by atoms with Crippen LogP contribution in [0.3, 0.4) is 0 Å². The molecular weight excluding hydrogens is 198 g/mol. The SMILES string of the molecule is Cc1cc(C)c(C(N)C2CCOC2)cc1C. The van der Waals surface area contributed by atoms with Crippen LogP contribution in [0.25, 0.3) is 0 Å². The van der Waals surface area contributed by atoms with Crippen LogP contribution in [0, 0.1) is 26.7 Å². The molecule has 0 aromatic heterocycles. The molecule has 0 amide bonds. The van der Waals surface area contributed by atoms with Gasteiger partial charge in [0.1, 0.15) is 0 Å². The van der Waals surface area contributed by atoms with Gasteiger partial charge in [-0.05, 0) is 49.4 Å².